The van der Waals surface area contributed by atoms with Crippen LogP contribution in [0, 0.1) is 20.8 Å². The summed E-state index contributed by atoms with van der Waals surface area (Å²) in [7, 11) is -3.65. The van der Waals surface area contributed by atoms with E-state index in [0.29, 0.717) is 17.2 Å². The van der Waals surface area contributed by atoms with E-state index in [1.165, 1.54) is 0 Å². The zero-order valence-electron chi connectivity index (χ0n) is 9.47. The Hall–Kier alpha value is -1.48. The molecule has 0 aliphatic rings. The minimum atomic E-state index is -3.65. The monoisotopic (exact) mass is 273 g/mol. The molecule has 2 heterocycles. The van der Waals surface area contributed by atoms with Crippen LogP contribution in [0.25, 0.3) is 0 Å². The predicted octanol–water partition coefficient (Wildman–Crippen LogP) is 0.987. The Kier molecular flexibility index (Phi) is 2.87. The largest absolute Gasteiger partial charge is 0.281 e. The van der Waals surface area contributed by atoms with E-state index in [0.717, 1.165) is 11.5 Å². The molecule has 2 aromatic rings. The lowest BCUT2D eigenvalue weighted by Gasteiger charge is -2.04. The van der Waals surface area contributed by atoms with Crippen molar-refractivity contribution in [3.63, 3.8) is 0 Å². The lowest BCUT2D eigenvalue weighted by atomic mass is 10.4. The SMILES string of the molecule is Cc1nsc(NS(=O)(=O)c2c(C)n[nH]c2C)n1. The van der Waals surface area contributed by atoms with Gasteiger partial charge in [0, 0.05) is 11.5 Å². The van der Waals surface area contributed by atoms with Gasteiger partial charge in [0.15, 0.2) is 0 Å². The molecule has 2 rings (SSSR count). The number of aromatic amines is 1. The van der Waals surface area contributed by atoms with E-state index >= 15 is 0 Å². The number of sulfonamides is 1. The van der Waals surface area contributed by atoms with Gasteiger partial charge in [-0.1, -0.05) is 0 Å². The summed E-state index contributed by atoms with van der Waals surface area (Å²) in [5.74, 6) is 0.535. The first kappa shape index (κ1) is 12.0. The van der Waals surface area contributed by atoms with Gasteiger partial charge in [-0.2, -0.15) is 9.47 Å². The molecule has 0 saturated heterocycles. The van der Waals surface area contributed by atoms with E-state index in [9.17, 15) is 8.42 Å². The summed E-state index contributed by atoms with van der Waals surface area (Å²) in [6, 6.07) is 0. The second-order valence-electron chi connectivity index (χ2n) is 3.52. The Bertz CT molecular complexity index is 623. The summed E-state index contributed by atoms with van der Waals surface area (Å²) < 4.78 is 30.5. The average Bonchev–Trinajstić information content (AvgIpc) is 2.73. The number of H-pyrrole nitrogens is 1. The molecule has 7 nitrogen and oxygen atoms in total. The van der Waals surface area contributed by atoms with E-state index in [-0.39, 0.29) is 10.0 Å². The van der Waals surface area contributed by atoms with Crippen LogP contribution in [0.4, 0.5) is 5.13 Å². The zero-order chi connectivity index (χ0) is 12.6. The predicted molar refractivity (Wildman–Crippen MR) is 63.5 cm³/mol. The van der Waals surface area contributed by atoms with Crippen molar-refractivity contribution in [1.82, 2.24) is 19.6 Å². The fourth-order valence-corrected chi connectivity index (χ4v) is 3.61. The standard InChI is InChI=1S/C8H11N5O2S2/c1-4-7(5(2)11-10-4)17(14,15)13-8-9-6(3)12-16-8/h1-3H3,(H,10,11)(H,9,12,13). The maximum absolute atomic E-state index is 12.1. The third-order valence-corrected chi connectivity index (χ3v) is 4.53. The molecule has 0 aliphatic carbocycles. The Balaban J connectivity index is 2.38. The minimum absolute atomic E-state index is 0.158. The van der Waals surface area contributed by atoms with Crippen molar-refractivity contribution in [1.29, 1.82) is 0 Å². The summed E-state index contributed by atoms with van der Waals surface area (Å²) in [4.78, 5) is 4.11. The van der Waals surface area contributed by atoms with E-state index in [1.54, 1.807) is 20.8 Å². The zero-order valence-corrected chi connectivity index (χ0v) is 11.1. The van der Waals surface area contributed by atoms with Crippen molar-refractivity contribution in [2.45, 2.75) is 25.7 Å². The van der Waals surface area contributed by atoms with Crippen molar-refractivity contribution < 1.29 is 8.42 Å². The van der Waals surface area contributed by atoms with Gasteiger partial charge in [-0.3, -0.25) is 9.82 Å². The fourth-order valence-electron chi connectivity index (χ4n) is 1.44. The number of aromatic nitrogens is 4. The Labute approximate surface area is 103 Å². The molecule has 0 unspecified atom stereocenters. The summed E-state index contributed by atoms with van der Waals surface area (Å²) >= 11 is 1.00. The summed E-state index contributed by atoms with van der Waals surface area (Å²) in [5.41, 5.74) is 0.924. The quantitative estimate of drug-likeness (QED) is 0.868. The minimum Gasteiger partial charge on any atom is -0.281 e. The molecular formula is C8H11N5O2S2. The van der Waals surface area contributed by atoms with Crippen molar-refractivity contribution in [3.05, 3.63) is 17.2 Å². The molecule has 0 spiro atoms. The summed E-state index contributed by atoms with van der Waals surface area (Å²) in [5, 5.41) is 6.74. The van der Waals surface area contributed by atoms with Crippen LogP contribution in [0.2, 0.25) is 0 Å². The number of anilines is 1. The molecule has 0 aliphatic heterocycles. The van der Waals surface area contributed by atoms with Gasteiger partial charge in [0.2, 0.25) is 5.13 Å². The van der Waals surface area contributed by atoms with E-state index in [2.05, 4.69) is 24.3 Å². The van der Waals surface area contributed by atoms with E-state index in [4.69, 9.17) is 0 Å². The summed E-state index contributed by atoms with van der Waals surface area (Å²) in [6.07, 6.45) is 0. The van der Waals surface area contributed by atoms with Crippen LogP contribution < -0.4 is 4.72 Å². The Morgan fingerprint density at radius 3 is 2.47 bits per heavy atom. The first-order valence-corrected chi connectivity index (χ1v) is 7.00. The van der Waals surface area contributed by atoms with E-state index < -0.39 is 10.0 Å². The smallest absolute Gasteiger partial charge is 0.267 e. The molecule has 0 atom stereocenters. The molecule has 92 valence electrons. The number of nitrogens with one attached hydrogen (secondary N) is 2. The van der Waals surface area contributed by atoms with Gasteiger partial charge in [-0.25, -0.2) is 13.4 Å². The first-order chi connectivity index (χ1) is 7.90. The highest BCUT2D eigenvalue weighted by Crippen LogP contribution is 2.21. The number of aryl methyl sites for hydroxylation is 3. The average molecular weight is 273 g/mol. The van der Waals surface area contributed by atoms with Crippen molar-refractivity contribution in [2.24, 2.45) is 0 Å². The van der Waals surface area contributed by atoms with Crippen LogP contribution in [0.5, 0.6) is 0 Å². The number of rotatable bonds is 3. The van der Waals surface area contributed by atoms with Gasteiger partial charge in [-0.05, 0) is 20.8 Å². The molecule has 9 heteroatoms. The van der Waals surface area contributed by atoms with Gasteiger partial charge in [0.25, 0.3) is 10.0 Å². The normalized spacial score (nSPS) is 11.7. The topological polar surface area (TPSA) is 101 Å². The van der Waals surface area contributed by atoms with Crippen LogP contribution in [0.3, 0.4) is 0 Å². The van der Waals surface area contributed by atoms with E-state index in [1.807, 2.05) is 0 Å². The molecular weight excluding hydrogens is 262 g/mol. The Morgan fingerprint density at radius 2 is 2.00 bits per heavy atom. The van der Waals surface area contributed by atoms with Crippen molar-refractivity contribution in [2.75, 3.05) is 4.72 Å². The number of hydrogen-bond donors (Lipinski definition) is 2. The molecule has 0 bridgehead atoms. The molecule has 2 aromatic heterocycles. The molecule has 0 radical (unpaired) electrons. The number of hydrogen-bond acceptors (Lipinski definition) is 6. The highest BCUT2D eigenvalue weighted by Gasteiger charge is 2.23. The lowest BCUT2D eigenvalue weighted by molar-refractivity contribution is 0.600. The van der Waals surface area contributed by atoms with Crippen molar-refractivity contribution >= 4 is 26.7 Å². The Morgan fingerprint density at radius 1 is 1.29 bits per heavy atom. The van der Waals surface area contributed by atoms with Gasteiger partial charge in [-0.15, -0.1) is 0 Å². The van der Waals surface area contributed by atoms with Crippen LogP contribution in [0.1, 0.15) is 17.2 Å². The first-order valence-electron chi connectivity index (χ1n) is 4.75. The highest BCUT2D eigenvalue weighted by molar-refractivity contribution is 7.93. The van der Waals surface area contributed by atoms with Crippen molar-refractivity contribution in [3.8, 4) is 0 Å². The molecule has 0 aromatic carbocycles. The molecule has 0 saturated carbocycles. The van der Waals surface area contributed by atoms with Gasteiger partial charge in [0.05, 0.1) is 11.4 Å². The second-order valence-corrected chi connectivity index (χ2v) is 5.89. The van der Waals surface area contributed by atoms with Crippen LogP contribution in [-0.2, 0) is 10.0 Å². The summed E-state index contributed by atoms with van der Waals surface area (Å²) in [6.45, 7) is 4.98. The fraction of sp³-hybridized carbons (Fsp3) is 0.375. The maximum Gasteiger partial charge on any atom is 0.267 e. The molecule has 2 N–H and O–H groups in total. The molecule has 0 amide bonds. The second kappa shape index (κ2) is 4.08. The van der Waals surface area contributed by atoms with Gasteiger partial charge >= 0.3 is 0 Å². The highest BCUT2D eigenvalue weighted by atomic mass is 32.2. The third kappa shape index (κ3) is 2.29. The van der Waals surface area contributed by atoms with Crippen LogP contribution in [0.15, 0.2) is 4.90 Å². The maximum atomic E-state index is 12.1. The third-order valence-electron chi connectivity index (χ3n) is 2.08. The lowest BCUT2D eigenvalue weighted by Crippen LogP contribution is -2.14. The molecule has 0 fully saturated rings. The number of nitrogens with zero attached hydrogens (tertiary/aromatic N) is 3. The van der Waals surface area contributed by atoms with Gasteiger partial charge < -0.3 is 0 Å². The van der Waals surface area contributed by atoms with Gasteiger partial charge in [0.1, 0.15) is 10.7 Å². The molecule has 17 heavy (non-hydrogen) atoms. The van der Waals surface area contributed by atoms with Crippen LogP contribution in [-0.4, -0.2) is 28.0 Å². The van der Waals surface area contributed by atoms with Crippen LogP contribution >= 0.6 is 11.5 Å².